The van der Waals surface area contributed by atoms with Crippen LogP contribution in [0, 0.1) is 0 Å². The van der Waals surface area contributed by atoms with Gasteiger partial charge in [-0.1, -0.05) is 129 Å². The van der Waals surface area contributed by atoms with E-state index in [1.807, 2.05) is 0 Å². The van der Waals surface area contributed by atoms with Crippen LogP contribution in [-0.2, 0) is 16.2 Å². The van der Waals surface area contributed by atoms with Gasteiger partial charge < -0.3 is 9.13 Å². The van der Waals surface area contributed by atoms with E-state index in [0.717, 1.165) is 0 Å². The van der Waals surface area contributed by atoms with E-state index in [2.05, 4.69) is 175 Å². The molecule has 0 saturated heterocycles. The number of benzene rings is 5. The van der Waals surface area contributed by atoms with Gasteiger partial charge in [-0.15, -0.1) is 0 Å². The van der Waals surface area contributed by atoms with E-state index < -0.39 is 0 Å². The highest BCUT2D eigenvalue weighted by Crippen LogP contribution is 2.44. The average Bonchev–Trinajstić information content (AvgIpc) is 3.48. The van der Waals surface area contributed by atoms with Crippen molar-refractivity contribution in [2.75, 3.05) is 0 Å². The number of hydrogen-bond donors (Lipinski definition) is 0. The third-order valence-corrected chi connectivity index (χ3v) is 9.29. The van der Waals surface area contributed by atoms with Crippen molar-refractivity contribution in [3.05, 3.63) is 120 Å². The van der Waals surface area contributed by atoms with Gasteiger partial charge in [-0.25, -0.2) is 0 Å². The van der Waals surface area contributed by atoms with E-state index >= 15 is 0 Å². The number of rotatable bonds is 2. The lowest BCUT2D eigenvalue weighted by Crippen LogP contribution is -2.19. The van der Waals surface area contributed by atoms with Crippen LogP contribution in [0.5, 0.6) is 0 Å². The Bertz CT molecular complexity index is 2130. The number of para-hydroxylation sites is 3. The van der Waals surface area contributed by atoms with Crippen LogP contribution in [-0.4, -0.2) is 9.13 Å². The summed E-state index contributed by atoms with van der Waals surface area (Å²) in [5.41, 5.74) is 11.5. The predicted molar refractivity (Wildman–Crippen MR) is 191 cm³/mol. The van der Waals surface area contributed by atoms with E-state index in [-0.39, 0.29) is 16.2 Å². The molecule has 0 unspecified atom stereocenters. The highest BCUT2D eigenvalue weighted by molar-refractivity contribution is 6.13. The number of nitrogens with zero attached hydrogens (tertiary/aromatic N) is 2. The molecule has 0 fully saturated rings. The fraction of sp³-hybridized carbons (Fsp3) is 0.286. The zero-order valence-electron chi connectivity index (χ0n) is 27.7. The molecule has 0 saturated carbocycles. The van der Waals surface area contributed by atoms with E-state index in [0.29, 0.717) is 0 Å². The number of hydrogen-bond acceptors (Lipinski definition) is 0. The predicted octanol–water partition coefficient (Wildman–Crippen LogP) is 11.8. The van der Waals surface area contributed by atoms with Gasteiger partial charge in [0.05, 0.1) is 27.8 Å². The summed E-state index contributed by atoms with van der Waals surface area (Å²) in [6, 6.07) is 38.6. The summed E-state index contributed by atoms with van der Waals surface area (Å²) in [5.74, 6) is 0. The summed E-state index contributed by atoms with van der Waals surface area (Å²) in [4.78, 5) is 0. The van der Waals surface area contributed by atoms with Gasteiger partial charge in [0.2, 0.25) is 0 Å². The molecule has 2 heterocycles. The third-order valence-electron chi connectivity index (χ3n) is 9.29. The van der Waals surface area contributed by atoms with Crippen LogP contribution >= 0.6 is 0 Å². The van der Waals surface area contributed by atoms with Gasteiger partial charge in [0, 0.05) is 32.8 Å². The van der Waals surface area contributed by atoms with Gasteiger partial charge in [-0.2, -0.15) is 0 Å². The van der Waals surface area contributed by atoms with E-state index in [1.165, 1.54) is 71.7 Å². The maximum atomic E-state index is 2.56. The maximum Gasteiger partial charge on any atom is 0.0599 e. The molecule has 0 aliphatic heterocycles. The lowest BCUT2D eigenvalue weighted by atomic mass is 9.80. The minimum Gasteiger partial charge on any atom is -0.309 e. The van der Waals surface area contributed by atoms with Crippen LogP contribution in [0.25, 0.3) is 55.0 Å². The molecule has 0 spiro atoms. The van der Waals surface area contributed by atoms with Crippen molar-refractivity contribution >= 4 is 43.6 Å². The van der Waals surface area contributed by atoms with Crippen molar-refractivity contribution in [2.24, 2.45) is 0 Å². The molecular formula is C42H44N2. The van der Waals surface area contributed by atoms with Crippen LogP contribution < -0.4 is 0 Å². The molecule has 0 atom stereocenters. The van der Waals surface area contributed by atoms with Crippen LogP contribution in [0.3, 0.4) is 0 Å². The van der Waals surface area contributed by atoms with Gasteiger partial charge in [0.25, 0.3) is 0 Å². The van der Waals surface area contributed by atoms with Crippen LogP contribution in [0.1, 0.15) is 79.0 Å². The summed E-state index contributed by atoms with van der Waals surface area (Å²) in [5, 5.41) is 5.17. The number of fused-ring (bicyclic) bond motifs is 6. The van der Waals surface area contributed by atoms with Gasteiger partial charge in [0.15, 0.2) is 0 Å². The molecule has 7 aromatic rings. The molecule has 2 nitrogen and oxygen atoms in total. The molecule has 44 heavy (non-hydrogen) atoms. The Morgan fingerprint density at radius 3 is 1.30 bits per heavy atom. The minimum atomic E-state index is -0.137. The molecule has 0 bridgehead atoms. The number of aromatic nitrogens is 2. The second-order valence-corrected chi connectivity index (χ2v) is 15.6. The Hall–Kier alpha value is -4.30. The standard InChI is InChI=1S/C42H44N2/c1-40(2,3)27-24-28(41(4,5)6)26-29(25-27)43-34-19-13-12-18-32(34)33-22-23-37(38(39(33)43)42(7,8)9)44-35-20-14-10-16-30(35)31-17-11-15-21-36(31)44/h10-26H,1-9H3. The fourth-order valence-electron chi connectivity index (χ4n) is 7.03. The molecule has 2 aromatic heterocycles. The zero-order valence-corrected chi connectivity index (χ0v) is 27.7. The average molecular weight is 577 g/mol. The van der Waals surface area contributed by atoms with E-state index in [9.17, 15) is 0 Å². The molecule has 0 radical (unpaired) electrons. The van der Waals surface area contributed by atoms with Crippen molar-refractivity contribution < 1.29 is 0 Å². The normalized spacial score (nSPS) is 13.1. The molecule has 2 heteroatoms. The quantitative estimate of drug-likeness (QED) is 0.194. The van der Waals surface area contributed by atoms with Crippen LogP contribution in [0.15, 0.2) is 103 Å². The SMILES string of the molecule is CC(C)(C)c1cc(-n2c3ccccc3c3ccc(-n4c5ccccc5c5ccccc54)c(C(C)(C)C)c32)cc(C(C)(C)C)c1. The summed E-state index contributed by atoms with van der Waals surface area (Å²) < 4.78 is 5.06. The third kappa shape index (κ3) is 4.38. The Labute approximate surface area is 261 Å². The summed E-state index contributed by atoms with van der Waals surface area (Å²) >= 11 is 0. The first-order valence-corrected chi connectivity index (χ1v) is 16.0. The zero-order chi connectivity index (χ0) is 31.2. The highest BCUT2D eigenvalue weighted by atomic mass is 15.0. The molecule has 0 N–H and O–H groups in total. The lowest BCUT2D eigenvalue weighted by Gasteiger charge is -2.29. The second kappa shape index (κ2) is 9.60. The Morgan fingerprint density at radius 1 is 0.409 bits per heavy atom. The molecule has 0 aliphatic rings. The first-order chi connectivity index (χ1) is 20.7. The molecule has 5 aromatic carbocycles. The van der Waals surface area contributed by atoms with Crippen LogP contribution in [0.4, 0.5) is 0 Å². The van der Waals surface area contributed by atoms with E-state index in [4.69, 9.17) is 0 Å². The Morgan fingerprint density at radius 2 is 0.841 bits per heavy atom. The van der Waals surface area contributed by atoms with Crippen molar-refractivity contribution in [2.45, 2.75) is 78.6 Å². The molecule has 222 valence electrons. The van der Waals surface area contributed by atoms with E-state index in [1.54, 1.807) is 0 Å². The topological polar surface area (TPSA) is 9.86 Å². The van der Waals surface area contributed by atoms with Gasteiger partial charge in [-0.3, -0.25) is 0 Å². The summed E-state index contributed by atoms with van der Waals surface area (Å²) in [6.07, 6.45) is 0. The van der Waals surface area contributed by atoms with Gasteiger partial charge in [-0.05, 0) is 63.8 Å². The molecule has 0 amide bonds. The monoisotopic (exact) mass is 576 g/mol. The maximum absolute atomic E-state index is 2.56. The smallest absolute Gasteiger partial charge is 0.0599 e. The first kappa shape index (κ1) is 28.5. The van der Waals surface area contributed by atoms with Crippen molar-refractivity contribution in [1.29, 1.82) is 0 Å². The van der Waals surface area contributed by atoms with Gasteiger partial charge >= 0.3 is 0 Å². The lowest BCUT2D eigenvalue weighted by molar-refractivity contribution is 0.567. The highest BCUT2D eigenvalue weighted by Gasteiger charge is 2.29. The minimum absolute atomic E-state index is 0.0236. The first-order valence-electron chi connectivity index (χ1n) is 16.0. The Kier molecular flexibility index (Phi) is 6.21. The second-order valence-electron chi connectivity index (χ2n) is 15.6. The molecule has 7 rings (SSSR count). The molecule has 0 aliphatic carbocycles. The van der Waals surface area contributed by atoms with Crippen molar-refractivity contribution in [1.82, 2.24) is 9.13 Å². The van der Waals surface area contributed by atoms with Crippen molar-refractivity contribution in [3.8, 4) is 11.4 Å². The summed E-state index contributed by atoms with van der Waals surface area (Å²) in [7, 11) is 0. The van der Waals surface area contributed by atoms with Crippen molar-refractivity contribution in [3.63, 3.8) is 0 Å². The Balaban J connectivity index is 1.70. The van der Waals surface area contributed by atoms with Crippen LogP contribution in [0.2, 0.25) is 0 Å². The fourth-order valence-corrected chi connectivity index (χ4v) is 7.03. The van der Waals surface area contributed by atoms with Gasteiger partial charge in [0.1, 0.15) is 0 Å². The largest absolute Gasteiger partial charge is 0.309 e. The summed E-state index contributed by atoms with van der Waals surface area (Å²) in [6.45, 7) is 21.1. The molecular weight excluding hydrogens is 532 g/mol.